The monoisotopic (exact) mass is 240 g/mol. The number of carbonyl (C=O) groups is 3. The van der Waals surface area contributed by atoms with Crippen LogP contribution in [0.15, 0.2) is 0 Å². The Morgan fingerprint density at radius 3 is 2.71 bits per heavy atom. The van der Waals surface area contributed by atoms with Crippen molar-refractivity contribution in [3.05, 3.63) is 0 Å². The number of primary amides is 1. The van der Waals surface area contributed by atoms with Gasteiger partial charge in [-0.05, 0) is 19.3 Å². The highest BCUT2D eigenvalue weighted by molar-refractivity contribution is 5.98. The Bertz CT molecular complexity index is 315. The van der Waals surface area contributed by atoms with Crippen molar-refractivity contribution < 1.29 is 14.4 Å². The largest absolute Gasteiger partial charge is 0.370 e. The highest BCUT2D eigenvalue weighted by Crippen LogP contribution is 2.19. The number of unbranched alkanes of at least 4 members (excludes halogenated alkanes) is 2. The fourth-order valence-electron chi connectivity index (χ4n) is 1.97. The zero-order valence-corrected chi connectivity index (χ0v) is 10.3. The number of rotatable bonds is 6. The van der Waals surface area contributed by atoms with Crippen molar-refractivity contribution in [2.45, 2.75) is 45.4 Å². The number of nitrogens with zero attached hydrogens (tertiary/aromatic N) is 1. The summed E-state index contributed by atoms with van der Waals surface area (Å²) in [6.07, 6.45) is 3.79. The van der Waals surface area contributed by atoms with Crippen molar-refractivity contribution in [3.63, 3.8) is 0 Å². The van der Waals surface area contributed by atoms with Crippen molar-refractivity contribution in [1.82, 2.24) is 4.90 Å². The molecular formula is C12H20N2O3. The molecule has 1 rings (SSSR count). The first-order valence-electron chi connectivity index (χ1n) is 6.15. The number of carbonyl (C=O) groups excluding carboxylic acids is 3. The molecule has 3 amide bonds. The lowest BCUT2D eigenvalue weighted by molar-refractivity contribution is -0.151. The molecule has 0 bridgehead atoms. The molecular weight excluding hydrogens is 220 g/mol. The Morgan fingerprint density at radius 2 is 2.06 bits per heavy atom. The maximum Gasteiger partial charge on any atom is 0.232 e. The Balaban J connectivity index is 2.27. The predicted octanol–water partition coefficient (Wildman–Crippen LogP) is 0.817. The molecule has 0 aromatic carbocycles. The summed E-state index contributed by atoms with van der Waals surface area (Å²) in [5, 5.41) is 0. The minimum atomic E-state index is -0.302. The van der Waals surface area contributed by atoms with E-state index in [1.807, 2.05) is 6.92 Å². The first-order chi connectivity index (χ1) is 8.02. The van der Waals surface area contributed by atoms with Gasteiger partial charge in [0.1, 0.15) is 0 Å². The molecule has 0 spiro atoms. The highest BCUT2D eigenvalue weighted by Gasteiger charge is 2.30. The molecule has 1 saturated heterocycles. The lowest BCUT2D eigenvalue weighted by atomic mass is 9.98. The summed E-state index contributed by atoms with van der Waals surface area (Å²) in [5.74, 6) is -0.471. The van der Waals surface area contributed by atoms with Gasteiger partial charge in [-0.15, -0.1) is 0 Å². The van der Waals surface area contributed by atoms with Gasteiger partial charge in [0.05, 0.1) is 0 Å². The van der Waals surface area contributed by atoms with Crippen LogP contribution in [0.5, 0.6) is 0 Å². The average Bonchev–Trinajstić information content (AvgIpc) is 2.27. The molecule has 1 aliphatic heterocycles. The fourth-order valence-corrected chi connectivity index (χ4v) is 1.97. The molecule has 0 aromatic rings. The van der Waals surface area contributed by atoms with E-state index in [0.29, 0.717) is 25.8 Å². The minimum absolute atomic E-state index is 0.0432. The van der Waals surface area contributed by atoms with E-state index < -0.39 is 0 Å². The van der Waals surface area contributed by atoms with E-state index >= 15 is 0 Å². The van der Waals surface area contributed by atoms with Crippen LogP contribution in [0.25, 0.3) is 0 Å². The summed E-state index contributed by atoms with van der Waals surface area (Å²) in [7, 11) is 0. The van der Waals surface area contributed by atoms with Crippen LogP contribution in [0.3, 0.4) is 0 Å². The molecule has 1 unspecified atom stereocenters. The van der Waals surface area contributed by atoms with Crippen LogP contribution in [0.2, 0.25) is 0 Å². The van der Waals surface area contributed by atoms with E-state index in [0.717, 1.165) is 19.3 Å². The van der Waals surface area contributed by atoms with Gasteiger partial charge in [-0.2, -0.15) is 0 Å². The second kappa shape index (κ2) is 6.37. The van der Waals surface area contributed by atoms with Gasteiger partial charge in [0.25, 0.3) is 0 Å². The van der Waals surface area contributed by atoms with E-state index in [1.165, 1.54) is 4.90 Å². The van der Waals surface area contributed by atoms with Crippen LogP contribution in [-0.2, 0) is 14.4 Å². The van der Waals surface area contributed by atoms with Crippen molar-refractivity contribution in [3.8, 4) is 0 Å². The Hall–Kier alpha value is -1.39. The first kappa shape index (κ1) is 13.7. The molecule has 1 heterocycles. The van der Waals surface area contributed by atoms with Crippen LogP contribution >= 0.6 is 0 Å². The van der Waals surface area contributed by atoms with Crippen LogP contribution in [-0.4, -0.2) is 29.2 Å². The smallest absolute Gasteiger partial charge is 0.232 e. The summed E-state index contributed by atoms with van der Waals surface area (Å²) in [4.78, 5) is 35.2. The van der Waals surface area contributed by atoms with E-state index in [-0.39, 0.29) is 23.6 Å². The summed E-state index contributed by atoms with van der Waals surface area (Å²) in [6, 6.07) is 0. The molecule has 5 heteroatoms. The van der Waals surface area contributed by atoms with Gasteiger partial charge in [0.2, 0.25) is 17.7 Å². The van der Waals surface area contributed by atoms with Gasteiger partial charge in [0.15, 0.2) is 0 Å². The maximum absolute atomic E-state index is 11.7. The molecule has 5 nitrogen and oxygen atoms in total. The molecule has 0 aromatic heterocycles. The lowest BCUT2D eigenvalue weighted by Gasteiger charge is -2.28. The van der Waals surface area contributed by atoms with Gasteiger partial charge >= 0.3 is 0 Å². The summed E-state index contributed by atoms with van der Waals surface area (Å²) in [6.45, 7) is 2.33. The van der Waals surface area contributed by atoms with Crippen LogP contribution in [0.4, 0.5) is 0 Å². The average molecular weight is 240 g/mol. The topological polar surface area (TPSA) is 80.5 Å². The fraction of sp³-hybridized carbons (Fsp3) is 0.750. The number of piperidine rings is 1. The number of nitrogens with two attached hydrogens (primary N) is 1. The second-order valence-electron chi connectivity index (χ2n) is 4.60. The third-order valence-electron chi connectivity index (χ3n) is 3.08. The molecule has 0 aliphatic carbocycles. The zero-order chi connectivity index (χ0) is 12.8. The van der Waals surface area contributed by atoms with Gasteiger partial charge in [0, 0.05) is 25.3 Å². The Morgan fingerprint density at radius 1 is 1.35 bits per heavy atom. The predicted molar refractivity (Wildman–Crippen MR) is 62.8 cm³/mol. The van der Waals surface area contributed by atoms with Crippen molar-refractivity contribution in [2.75, 3.05) is 6.54 Å². The number of amides is 3. The molecule has 2 N–H and O–H groups in total. The van der Waals surface area contributed by atoms with Crippen LogP contribution in [0, 0.1) is 5.92 Å². The van der Waals surface area contributed by atoms with Gasteiger partial charge in [-0.3, -0.25) is 19.3 Å². The third kappa shape index (κ3) is 4.17. The zero-order valence-electron chi connectivity index (χ0n) is 10.3. The standard InChI is InChI=1S/C12H20N2O3/c1-9-6-7-11(16)14(12(9)17)8-4-2-3-5-10(13)15/h9H,2-8H2,1H3,(H2,13,15). The first-order valence-corrected chi connectivity index (χ1v) is 6.15. The molecule has 0 saturated carbocycles. The lowest BCUT2D eigenvalue weighted by Crippen LogP contribution is -2.44. The summed E-state index contributed by atoms with van der Waals surface area (Å²) >= 11 is 0. The molecule has 96 valence electrons. The Kier molecular flexibility index (Phi) is 5.12. The maximum atomic E-state index is 11.7. The van der Waals surface area contributed by atoms with Crippen molar-refractivity contribution >= 4 is 17.7 Å². The van der Waals surface area contributed by atoms with E-state index in [2.05, 4.69) is 0 Å². The summed E-state index contributed by atoms with van der Waals surface area (Å²) in [5.41, 5.74) is 5.02. The molecule has 1 aliphatic rings. The van der Waals surface area contributed by atoms with Crippen molar-refractivity contribution in [1.29, 1.82) is 0 Å². The third-order valence-corrected chi connectivity index (χ3v) is 3.08. The van der Waals surface area contributed by atoms with Gasteiger partial charge in [-0.1, -0.05) is 13.3 Å². The van der Waals surface area contributed by atoms with E-state index in [4.69, 9.17) is 5.73 Å². The summed E-state index contributed by atoms with van der Waals surface area (Å²) < 4.78 is 0. The molecule has 1 fully saturated rings. The number of imide groups is 1. The Labute approximate surface area is 101 Å². The second-order valence-corrected chi connectivity index (χ2v) is 4.60. The van der Waals surface area contributed by atoms with Gasteiger partial charge in [-0.25, -0.2) is 0 Å². The highest BCUT2D eigenvalue weighted by atomic mass is 16.2. The minimum Gasteiger partial charge on any atom is -0.370 e. The molecule has 0 radical (unpaired) electrons. The van der Waals surface area contributed by atoms with E-state index in [1.54, 1.807) is 0 Å². The number of likely N-dealkylation sites (tertiary alicyclic amines) is 1. The van der Waals surface area contributed by atoms with Crippen LogP contribution in [0.1, 0.15) is 45.4 Å². The SMILES string of the molecule is CC1CCC(=O)N(CCCCCC(N)=O)C1=O. The normalized spacial score (nSPS) is 20.8. The number of hydrogen-bond acceptors (Lipinski definition) is 3. The van der Waals surface area contributed by atoms with E-state index in [9.17, 15) is 14.4 Å². The molecule has 17 heavy (non-hydrogen) atoms. The van der Waals surface area contributed by atoms with Gasteiger partial charge < -0.3 is 5.73 Å². The number of hydrogen-bond donors (Lipinski definition) is 1. The van der Waals surface area contributed by atoms with Crippen molar-refractivity contribution in [2.24, 2.45) is 11.7 Å². The molecule has 1 atom stereocenters. The van der Waals surface area contributed by atoms with Crippen LogP contribution < -0.4 is 5.73 Å². The quantitative estimate of drug-likeness (QED) is 0.551.